The van der Waals surface area contributed by atoms with E-state index in [4.69, 9.17) is 0 Å². The summed E-state index contributed by atoms with van der Waals surface area (Å²) in [5.41, 5.74) is 1.95. The molecule has 3 rings (SSSR count). The van der Waals surface area contributed by atoms with E-state index in [0.717, 1.165) is 16.8 Å². The van der Waals surface area contributed by atoms with Crippen LogP contribution in [0.2, 0.25) is 0 Å². The number of benzene rings is 1. The fraction of sp³-hybridized carbons (Fsp3) is 0.348. The van der Waals surface area contributed by atoms with Crippen LogP contribution < -0.4 is 5.32 Å². The zero-order chi connectivity index (χ0) is 22.6. The molecule has 0 unspecified atom stereocenters. The minimum Gasteiger partial charge on any atom is -0.337 e. The van der Waals surface area contributed by atoms with Gasteiger partial charge in [-0.25, -0.2) is 0 Å². The first-order valence-corrected chi connectivity index (χ1v) is 11.0. The highest BCUT2D eigenvalue weighted by Gasteiger charge is 2.32. The Labute approximate surface area is 186 Å². The van der Waals surface area contributed by atoms with Crippen molar-refractivity contribution >= 4 is 17.7 Å². The fourth-order valence-corrected chi connectivity index (χ4v) is 3.80. The quantitative estimate of drug-likeness (QED) is 0.561. The molecule has 2 aromatic heterocycles. The summed E-state index contributed by atoms with van der Waals surface area (Å²) in [5, 5.41) is 21.4. The maximum absolute atomic E-state index is 12.9. The molecule has 1 aromatic carbocycles. The lowest BCUT2D eigenvalue weighted by Crippen LogP contribution is -2.51. The Morgan fingerprint density at radius 1 is 1.16 bits per heavy atom. The molecule has 0 bridgehead atoms. The number of aryl methyl sites for hydroxylation is 1. The number of nitrogens with one attached hydrogen (secondary N) is 1. The van der Waals surface area contributed by atoms with E-state index in [-0.39, 0.29) is 11.8 Å². The molecule has 0 spiro atoms. The topological polar surface area (TPSA) is 96.5 Å². The van der Waals surface area contributed by atoms with Crippen molar-refractivity contribution in [2.75, 3.05) is 0 Å². The first kappa shape index (κ1) is 22.5. The number of aromatic nitrogens is 4. The Bertz CT molecular complexity index is 1100. The Morgan fingerprint density at radius 2 is 1.84 bits per heavy atom. The Hall–Kier alpha value is -3.18. The van der Waals surface area contributed by atoms with Crippen molar-refractivity contribution in [2.24, 2.45) is 5.92 Å². The van der Waals surface area contributed by atoms with Crippen LogP contribution in [0, 0.1) is 24.2 Å². The molecule has 1 amide bonds. The molecule has 8 heteroatoms. The van der Waals surface area contributed by atoms with Crippen LogP contribution in [0.15, 0.2) is 53.9 Å². The van der Waals surface area contributed by atoms with Crippen molar-refractivity contribution in [1.29, 1.82) is 5.26 Å². The highest BCUT2D eigenvalue weighted by Crippen LogP contribution is 2.31. The molecule has 31 heavy (non-hydrogen) atoms. The van der Waals surface area contributed by atoms with Crippen molar-refractivity contribution < 1.29 is 4.79 Å². The molecule has 2 heterocycles. The van der Waals surface area contributed by atoms with Crippen LogP contribution in [0.4, 0.5) is 0 Å². The first-order valence-electron chi connectivity index (χ1n) is 10.1. The lowest BCUT2D eigenvalue weighted by Gasteiger charge is -2.28. The maximum atomic E-state index is 12.9. The van der Waals surface area contributed by atoms with Crippen LogP contribution >= 0.6 is 11.8 Å². The van der Waals surface area contributed by atoms with Crippen LogP contribution in [0.1, 0.15) is 33.3 Å². The van der Waals surface area contributed by atoms with Gasteiger partial charge in [0, 0.05) is 18.0 Å². The van der Waals surface area contributed by atoms with Gasteiger partial charge in [0.05, 0.1) is 17.0 Å². The second-order valence-electron chi connectivity index (χ2n) is 7.88. The van der Waals surface area contributed by atoms with Gasteiger partial charge in [-0.05, 0) is 50.5 Å². The summed E-state index contributed by atoms with van der Waals surface area (Å²) in [6.45, 7) is 9.40. The van der Waals surface area contributed by atoms with Crippen LogP contribution in [0.3, 0.4) is 0 Å². The Morgan fingerprint density at radius 3 is 2.45 bits per heavy atom. The third kappa shape index (κ3) is 4.78. The van der Waals surface area contributed by atoms with Gasteiger partial charge in [0.1, 0.15) is 5.54 Å². The van der Waals surface area contributed by atoms with E-state index in [0.29, 0.717) is 11.0 Å². The van der Waals surface area contributed by atoms with E-state index in [1.807, 2.05) is 61.7 Å². The molecule has 7 nitrogen and oxygen atoms in total. The van der Waals surface area contributed by atoms with Crippen molar-refractivity contribution in [2.45, 2.75) is 50.6 Å². The number of carbonyl (C=O) groups excluding carboxylic acids is 1. The number of para-hydroxylation sites is 1. The van der Waals surface area contributed by atoms with Gasteiger partial charge < -0.3 is 5.32 Å². The molecule has 2 atom stereocenters. The van der Waals surface area contributed by atoms with Gasteiger partial charge in [-0.1, -0.05) is 43.8 Å². The van der Waals surface area contributed by atoms with E-state index in [1.54, 1.807) is 26.2 Å². The van der Waals surface area contributed by atoms with Crippen molar-refractivity contribution in [1.82, 2.24) is 25.1 Å². The molecule has 160 valence electrons. The van der Waals surface area contributed by atoms with Gasteiger partial charge >= 0.3 is 0 Å². The zero-order valence-corrected chi connectivity index (χ0v) is 19.1. The number of amides is 1. The second kappa shape index (κ2) is 9.31. The maximum Gasteiger partial charge on any atom is 0.234 e. The molecule has 3 aromatic rings. The summed E-state index contributed by atoms with van der Waals surface area (Å²) in [5.74, 6) is 0.441. The van der Waals surface area contributed by atoms with Crippen LogP contribution in [-0.4, -0.2) is 36.4 Å². The van der Waals surface area contributed by atoms with Gasteiger partial charge in [0.25, 0.3) is 0 Å². The van der Waals surface area contributed by atoms with Gasteiger partial charge in [-0.3, -0.25) is 14.3 Å². The predicted octanol–water partition coefficient (Wildman–Crippen LogP) is 4.17. The lowest BCUT2D eigenvalue weighted by molar-refractivity contribution is -0.121. The average molecular weight is 435 g/mol. The zero-order valence-electron chi connectivity index (χ0n) is 18.3. The first-order chi connectivity index (χ1) is 14.8. The molecule has 0 aliphatic heterocycles. The summed E-state index contributed by atoms with van der Waals surface area (Å²) in [6.07, 6.45) is 3.42. The number of pyridine rings is 1. The van der Waals surface area contributed by atoms with E-state index >= 15 is 0 Å². The van der Waals surface area contributed by atoms with Crippen molar-refractivity contribution in [3.63, 3.8) is 0 Å². The highest BCUT2D eigenvalue weighted by atomic mass is 32.2. The predicted molar refractivity (Wildman–Crippen MR) is 122 cm³/mol. The molecular weight excluding hydrogens is 408 g/mol. The largest absolute Gasteiger partial charge is 0.337 e. The molecule has 0 radical (unpaired) electrons. The smallest absolute Gasteiger partial charge is 0.234 e. The Balaban J connectivity index is 1.97. The third-order valence-electron chi connectivity index (χ3n) is 5.35. The number of nitriles is 1. The number of carbonyl (C=O) groups is 1. The number of hydrogen-bond donors (Lipinski definition) is 1. The molecule has 0 saturated carbocycles. The molecule has 0 aliphatic carbocycles. The molecular formula is C23H26N6OS. The minimum atomic E-state index is -0.933. The van der Waals surface area contributed by atoms with Gasteiger partial charge in [-0.15, -0.1) is 10.2 Å². The van der Waals surface area contributed by atoms with Crippen LogP contribution in [-0.2, 0) is 4.79 Å². The van der Waals surface area contributed by atoms with Gasteiger partial charge in [0.2, 0.25) is 5.91 Å². The van der Waals surface area contributed by atoms with Crippen molar-refractivity contribution in [3.05, 3.63) is 54.4 Å². The van der Waals surface area contributed by atoms with E-state index in [1.165, 1.54) is 11.8 Å². The van der Waals surface area contributed by atoms with E-state index < -0.39 is 10.8 Å². The summed E-state index contributed by atoms with van der Waals surface area (Å²) in [6, 6.07) is 13.9. The summed E-state index contributed by atoms with van der Waals surface area (Å²) >= 11 is 1.31. The van der Waals surface area contributed by atoms with Gasteiger partial charge in [-0.2, -0.15) is 5.26 Å². The molecule has 0 aliphatic rings. The number of rotatable bonds is 7. The molecule has 0 saturated heterocycles. The lowest BCUT2D eigenvalue weighted by atomic mass is 9.90. The normalized spacial score (nSPS) is 14.0. The van der Waals surface area contributed by atoms with E-state index in [9.17, 15) is 10.1 Å². The summed E-state index contributed by atoms with van der Waals surface area (Å²) < 4.78 is 1.96. The van der Waals surface area contributed by atoms with E-state index in [2.05, 4.69) is 26.6 Å². The summed E-state index contributed by atoms with van der Waals surface area (Å²) in [4.78, 5) is 17.0. The molecule has 1 N–H and O–H groups in total. The average Bonchev–Trinajstić information content (AvgIpc) is 3.17. The van der Waals surface area contributed by atoms with Crippen LogP contribution in [0.25, 0.3) is 17.1 Å². The number of thioether (sulfide) groups is 1. The summed E-state index contributed by atoms with van der Waals surface area (Å²) in [7, 11) is 0. The molecule has 0 fully saturated rings. The minimum absolute atomic E-state index is 0.0208. The van der Waals surface area contributed by atoms with Crippen molar-refractivity contribution in [3.8, 4) is 23.1 Å². The van der Waals surface area contributed by atoms with Gasteiger partial charge in [0.15, 0.2) is 11.0 Å². The van der Waals surface area contributed by atoms with Crippen LogP contribution in [0.5, 0.6) is 0 Å². The SMILES string of the molecule is Cc1ccccc1-n1c(S[C@@H](C)C(=O)N[C@](C)(C#N)C(C)C)nnc1-c1ccncc1. The fourth-order valence-electron chi connectivity index (χ4n) is 2.94. The number of nitrogens with zero attached hydrogens (tertiary/aromatic N) is 5. The third-order valence-corrected chi connectivity index (χ3v) is 6.39. The highest BCUT2D eigenvalue weighted by molar-refractivity contribution is 8.00. The Kier molecular flexibility index (Phi) is 6.76. The second-order valence-corrected chi connectivity index (χ2v) is 9.19. The number of hydrogen-bond acceptors (Lipinski definition) is 6. The monoisotopic (exact) mass is 434 g/mol. The standard InChI is InChI=1S/C23H26N6OS/c1-15(2)23(5,14-24)26-21(30)17(4)31-22-28-27-20(18-10-12-25-13-11-18)29(22)19-9-7-6-8-16(19)3/h6-13,15,17H,1-5H3,(H,26,30)/t17-,23+/m0/s1.